The number of benzene rings is 2. The van der Waals surface area contributed by atoms with Gasteiger partial charge in [-0.25, -0.2) is 0 Å². The third-order valence-electron chi connectivity index (χ3n) is 4.84. The molecule has 0 unspecified atom stereocenters. The Balaban J connectivity index is 1.84. The van der Waals surface area contributed by atoms with Gasteiger partial charge in [0.25, 0.3) is 11.5 Å². The molecule has 1 amide bonds. The van der Waals surface area contributed by atoms with Gasteiger partial charge in [-0.1, -0.05) is 47.5 Å². The van der Waals surface area contributed by atoms with Crippen molar-refractivity contribution in [1.82, 2.24) is 4.57 Å². The second-order valence-corrected chi connectivity index (χ2v) is 7.66. The van der Waals surface area contributed by atoms with Crippen LogP contribution in [0, 0.1) is 0 Å². The summed E-state index contributed by atoms with van der Waals surface area (Å²) >= 11 is 12.3. The summed E-state index contributed by atoms with van der Waals surface area (Å²) in [7, 11) is 0. The topological polar surface area (TPSA) is 54.7 Å². The molecule has 0 aliphatic carbocycles. The van der Waals surface area contributed by atoms with Gasteiger partial charge in [-0.2, -0.15) is 10.1 Å². The molecule has 0 spiro atoms. The Morgan fingerprint density at radius 3 is 2.63 bits per heavy atom. The van der Waals surface area contributed by atoms with Crippen molar-refractivity contribution in [3.63, 3.8) is 0 Å². The van der Waals surface area contributed by atoms with Gasteiger partial charge in [0.15, 0.2) is 0 Å². The van der Waals surface area contributed by atoms with Crippen LogP contribution < -0.4 is 10.6 Å². The number of allylic oxidation sites excluding steroid dienone is 1. The Morgan fingerprint density at radius 1 is 1.10 bits per heavy atom. The quantitative estimate of drug-likeness (QED) is 0.410. The van der Waals surface area contributed by atoms with Crippen LogP contribution in [0.3, 0.4) is 0 Å². The molecule has 0 N–H and O–H groups in total. The lowest BCUT2D eigenvalue weighted by Gasteiger charge is -2.14. The van der Waals surface area contributed by atoms with E-state index in [0.717, 1.165) is 10.9 Å². The molecule has 0 saturated heterocycles. The number of fused-ring (bicyclic) bond motifs is 1. The fourth-order valence-corrected chi connectivity index (χ4v) is 3.78. The Kier molecular flexibility index (Phi) is 5.33. The van der Waals surface area contributed by atoms with E-state index in [1.807, 2.05) is 24.3 Å². The SMILES string of the molecule is C=CCn1c(=O)c(/C=C2\C(=O)N(c3cc(Cl)ccc3Cl)N=C2C)cc2ccccc21. The van der Waals surface area contributed by atoms with Gasteiger partial charge >= 0.3 is 0 Å². The average Bonchev–Trinajstić information content (AvgIpc) is 3.01. The number of halogens is 2. The highest BCUT2D eigenvalue weighted by Gasteiger charge is 2.30. The van der Waals surface area contributed by atoms with Crippen molar-refractivity contribution in [1.29, 1.82) is 0 Å². The summed E-state index contributed by atoms with van der Waals surface area (Å²) in [5.74, 6) is -0.375. The monoisotopic (exact) mass is 437 g/mol. The summed E-state index contributed by atoms with van der Waals surface area (Å²) in [5.41, 5.74) is 2.19. The Morgan fingerprint density at radius 2 is 1.87 bits per heavy atom. The van der Waals surface area contributed by atoms with Crippen molar-refractivity contribution in [2.75, 3.05) is 5.01 Å². The highest BCUT2D eigenvalue weighted by molar-refractivity contribution is 6.38. The molecule has 30 heavy (non-hydrogen) atoms. The van der Waals surface area contributed by atoms with Gasteiger partial charge in [0, 0.05) is 17.1 Å². The first-order valence-corrected chi connectivity index (χ1v) is 9.96. The molecule has 0 bridgehead atoms. The van der Waals surface area contributed by atoms with E-state index in [1.54, 1.807) is 47.9 Å². The third kappa shape index (κ3) is 3.47. The van der Waals surface area contributed by atoms with Crippen LogP contribution in [0.15, 0.2) is 76.7 Å². The van der Waals surface area contributed by atoms with Gasteiger partial charge in [-0.15, -0.1) is 6.58 Å². The molecule has 0 fully saturated rings. The van der Waals surface area contributed by atoms with Crippen LogP contribution in [0.1, 0.15) is 12.5 Å². The van der Waals surface area contributed by atoms with E-state index in [0.29, 0.717) is 39.1 Å². The van der Waals surface area contributed by atoms with Crippen LogP contribution in [0.5, 0.6) is 0 Å². The van der Waals surface area contributed by atoms with E-state index < -0.39 is 0 Å². The first-order valence-electron chi connectivity index (χ1n) is 9.21. The van der Waals surface area contributed by atoms with Crippen molar-refractivity contribution >= 4 is 57.5 Å². The molecule has 0 atom stereocenters. The van der Waals surface area contributed by atoms with E-state index in [1.165, 1.54) is 5.01 Å². The number of hydrazone groups is 1. The zero-order valence-corrected chi connectivity index (χ0v) is 17.6. The summed E-state index contributed by atoms with van der Waals surface area (Å²) in [6.45, 7) is 5.82. The molecule has 0 saturated carbocycles. The number of hydrogen-bond donors (Lipinski definition) is 0. The molecular formula is C23H17Cl2N3O2. The molecule has 4 rings (SSSR count). The summed E-state index contributed by atoms with van der Waals surface area (Å²) in [5, 5.41) is 7.22. The zero-order valence-electron chi connectivity index (χ0n) is 16.1. The van der Waals surface area contributed by atoms with Gasteiger partial charge < -0.3 is 4.57 Å². The third-order valence-corrected chi connectivity index (χ3v) is 5.40. The van der Waals surface area contributed by atoms with Gasteiger partial charge in [0.1, 0.15) is 0 Å². The summed E-state index contributed by atoms with van der Waals surface area (Å²) < 4.78 is 1.63. The van der Waals surface area contributed by atoms with Crippen LogP contribution >= 0.6 is 23.2 Å². The largest absolute Gasteiger partial charge is 0.304 e. The lowest BCUT2D eigenvalue weighted by Crippen LogP contribution is -2.24. The average molecular weight is 438 g/mol. The molecule has 7 heteroatoms. The second-order valence-electron chi connectivity index (χ2n) is 6.82. The number of rotatable bonds is 4. The normalized spacial score (nSPS) is 15.2. The Bertz CT molecular complexity index is 1320. The molecule has 1 aromatic heterocycles. The van der Waals surface area contributed by atoms with Gasteiger partial charge in [-0.05, 0) is 48.7 Å². The molecule has 0 radical (unpaired) electrons. The van der Waals surface area contributed by atoms with Crippen molar-refractivity contribution in [3.8, 4) is 0 Å². The van der Waals surface area contributed by atoms with Gasteiger partial charge in [-0.3, -0.25) is 9.59 Å². The first kappa shape index (κ1) is 20.1. The van der Waals surface area contributed by atoms with Crippen LogP contribution in [-0.4, -0.2) is 16.2 Å². The number of aromatic nitrogens is 1. The van der Waals surface area contributed by atoms with Crippen molar-refractivity contribution < 1.29 is 4.79 Å². The van der Waals surface area contributed by atoms with Crippen molar-refractivity contribution in [3.05, 3.63) is 92.7 Å². The van der Waals surface area contributed by atoms with E-state index in [9.17, 15) is 9.59 Å². The zero-order chi connectivity index (χ0) is 21.4. The number of anilines is 1. The molecule has 1 aliphatic rings. The highest BCUT2D eigenvalue weighted by Crippen LogP contribution is 2.33. The predicted octanol–water partition coefficient (Wildman–Crippen LogP) is 5.30. The molecule has 1 aliphatic heterocycles. The second kappa shape index (κ2) is 7.94. The standard InChI is InChI=1S/C23H17Cl2N3O2/c1-3-10-27-20-7-5-4-6-15(20)11-16(22(27)29)12-18-14(2)26-28(23(18)30)21-13-17(24)8-9-19(21)25/h3-9,11-13H,1,10H2,2H3/b18-12-. The number of carbonyl (C=O) groups is 1. The van der Waals surface area contributed by atoms with Gasteiger partial charge in [0.05, 0.1) is 27.5 Å². The van der Waals surface area contributed by atoms with E-state index in [-0.39, 0.29) is 11.5 Å². The number of amides is 1. The highest BCUT2D eigenvalue weighted by atomic mass is 35.5. The number of carbonyl (C=O) groups excluding carboxylic acids is 1. The molecular weight excluding hydrogens is 421 g/mol. The van der Waals surface area contributed by atoms with Crippen LogP contribution in [-0.2, 0) is 11.3 Å². The van der Waals surface area contributed by atoms with Crippen LogP contribution in [0.2, 0.25) is 10.0 Å². The minimum Gasteiger partial charge on any atom is -0.304 e. The van der Waals surface area contributed by atoms with E-state index >= 15 is 0 Å². The minimum atomic E-state index is -0.375. The van der Waals surface area contributed by atoms with Gasteiger partial charge in [0.2, 0.25) is 0 Å². The van der Waals surface area contributed by atoms with E-state index in [2.05, 4.69) is 11.7 Å². The lowest BCUT2D eigenvalue weighted by molar-refractivity contribution is -0.114. The Labute approximate surface area is 183 Å². The maximum absolute atomic E-state index is 13.1. The van der Waals surface area contributed by atoms with Crippen LogP contribution in [0.25, 0.3) is 17.0 Å². The maximum atomic E-state index is 13.1. The smallest absolute Gasteiger partial charge is 0.280 e. The fraction of sp³-hybridized carbons (Fsp3) is 0.0870. The first-order chi connectivity index (χ1) is 14.4. The van der Waals surface area contributed by atoms with E-state index in [4.69, 9.17) is 23.2 Å². The number of nitrogens with zero attached hydrogens (tertiary/aromatic N) is 3. The molecule has 2 heterocycles. The maximum Gasteiger partial charge on any atom is 0.280 e. The molecule has 3 aromatic rings. The molecule has 150 valence electrons. The summed E-state index contributed by atoms with van der Waals surface area (Å²) in [4.78, 5) is 26.2. The minimum absolute atomic E-state index is 0.207. The number of para-hydroxylation sites is 1. The Hall–Kier alpha value is -3.15. The van der Waals surface area contributed by atoms with Crippen LogP contribution in [0.4, 0.5) is 5.69 Å². The lowest BCUT2D eigenvalue weighted by atomic mass is 10.1. The number of hydrogen-bond acceptors (Lipinski definition) is 3. The molecule has 5 nitrogen and oxygen atoms in total. The number of pyridine rings is 1. The predicted molar refractivity (Wildman–Crippen MR) is 123 cm³/mol. The fourth-order valence-electron chi connectivity index (χ4n) is 3.41. The van der Waals surface area contributed by atoms with Crippen molar-refractivity contribution in [2.24, 2.45) is 5.10 Å². The summed E-state index contributed by atoms with van der Waals surface area (Å²) in [6.07, 6.45) is 3.25. The molecule has 2 aromatic carbocycles. The summed E-state index contributed by atoms with van der Waals surface area (Å²) in [6, 6.07) is 14.2. The van der Waals surface area contributed by atoms with Crippen molar-refractivity contribution in [2.45, 2.75) is 13.5 Å².